The van der Waals surface area contributed by atoms with Gasteiger partial charge in [-0.15, -0.1) is 0 Å². The molecule has 0 saturated heterocycles. The van der Waals surface area contributed by atoms with Crippen molar-refractivity contribution < 1.29 is 4.79 Å². The third-order valence-corrected chi connectivity index (χ3v) is 3.82. The number of hydrogen-bond donors (Lipinski definition) is 2. The summed E-state index contributed by atoms with van der Waals surface area (Å²) in [5.74, 6) is 0.0489. The standard InChI is InChI=1S/C14H19NOS/c1-14(2)9-12(14)15-13(16)11(17)8-10-6-4-3-5-7-10/h3-7,11-12,17H,8-9H2,1-2H3,(H,15,16). The van der Waals surface area contributed by atoms with E-state index in [0.29, 0.717) is 12.5 Å². The molecule has 1 N–H and O–H groups in total. The van der Waals surface area contributed by atoms with Crippen LogP contribution in [0, 0.1) is 5.41 Å². The van der Waals surface area contributed by atoms with Gasteiger partial charge in [0.1, 0.15) is 0 Å². The molecular formula is C14H19NOS. The van der Waals surface area contributed by atoms with E-state index in [0.717, 1.165) is 12.0 Å². The van der Waals surface area contributed by atoms with Crippen molar-refractivity contribution in [3.63, 3.8) is 0 Å². The predicted octanol–water partition coefficient (Wildman–Crippen LogP) is 2.44. The minimum Gasteiger partial charge on any atom is -0.352 e. The summed E-state index contributed by atoms with van der Waals surface area (Å²) < 4.78 is 0. The van der Waals surface area contributed by atoms with Crippen molar-refractivity contribution in [2.24, 2.45) is 5.41 Å². The van der Waals surface area contributed by atoms with Gasteiger partial charge in [0.15, 0.2) is 0 Å². The number of carbonyl (C=O) groups is 1. The SMILES string of the molecule is CC1(C)CC1NC(=O)C(S)Cc1ccccc1. The summed E-state index contributed by atoms with van der Waals surface area (Å²) in [4.78, 5) is 11.9. The molecule has 2 rings (SSSR count). The van der Waals surface area contributed by atoms with Crippen LogP contribution in [-0.2, 0) is 11.2 Å². The second-order valence-corrected chi connectivity index (χ2v) is 6.08. The molecule has 1 amide bonds. The fourth-order valence-corrected chi connectivity index (χ4v) is 2.20. The van der Waals surface area contributed by atoms with Gasteiger partial charge in [0, 0.05) is 6.04 Å². The third-order valence-electron chi connectivity index (χ3n) is 3.40. The van der Waals surface area contributed by atoms with Crippen molar-refractivity contribution >= 4 is 18.5 Å². The molecule has 0 spiro atoms. The Morgan fingerprint density at radius 3 is 2.59 bits per heavy atom. The lowest BCUT2D eigenvalue weighted by Gasteiger charge is -2.12. The monoisotopic (exact) mass is 249 g/mol. The first kappa shape index (κ1) is 12.5. The van der Waals surface area contributed by atoms with Crippen LogP contribution in [0.15, 0.2) is 30.3 Å². The Hall–Kier alpha value is -0.960. The first-order chi connectivity index (χ1) is 7.99. The second-order valence-electron chi connectivity index (χ2n) is 5.46. The summed E-state index contributed by atoms with van der Waals surface area (Å²) >= 11 is 4.38. The third kappa shape index (κ3) is 3.25. The normalized spacial score (nSPS) is 22.9. The Balaban J connectivity index is 1.84. The van der Waals surface area contributed by atoms with E-state index in [2.05, 4.69) is 31.8 Å². The number of thiol groups is 1. The summed E-state index contributed by atoms with van der Waals surface area (Å²) in [5.41, 5.74) is 1.42. The summed E-state index contributed by atoms with van der Waals surface area (Å²) in [6.45, 7) is 4.34. The van der Waals surface area contributed by atoms with Gasteiger partial charge in [-0.1, -0.05) is 44.2 Å². The van der Waals surface area contributed by atoms with Crippen LogP contribution in [0.2, 0.25) is 0 Å². The summed E-state index contributed by atoms with van der Waals surface area (Å²) in [6, 6.07) is 10.3. The molecule has 0 radical (unpaired) electrons. The smallest absolute Gasteiger partial charge is 0.233 e. The molecule has 2 unspecified atom stereocenters. The molecule has 1 aliphatic rings. The number of carbonyl (C=O) groups excluding carboxylic acids is 1. The molecule has 1 fully saturated rings. The van der Waals surface area contributed by atoms with E-state index in [9.17, 15) is 4.79 Å². The molecule has 17 heavy (non-hydrogen) atoms. The lowest BCUT2D eigenvalue weighted by atomic mass is 10.1. The topological polar surface area (TPSA) is 29.1 Å². The largest absolute Gasteiger partial charge is 0.352 e. The maximum absolute atomic E-state index is 11.9. The lowest BCUT2D eigenvalue weighted by Crippen LogP contribution is -2.35. The zero-order valence-corrected chi connectivity index (χ0v) is 11.2. The van der Waals surface area contributed by atoms with Gasteiger partial charge in [-0.05, 0) is 23.8 Å². The molecule has 0 bridgehead atoms. The number of benzene rings is 1. The van der Waals surface area contributed by atoms with Crippen molar-refractivity contribution in [3.05, 3.63) is 35.9 Å². The molecule has 2 atom stereocenters. The summed E-state index contributed by atoms with van der Waals surface area (Å²) in [6.07, 6.45) is 1.76. The Labute approximate surface area is 108 Å². The molecule has 92 valence electrons. The highest BCUT2D eigenvalue weighted by Gasteiger charge is 2.46. The van der Waals surface area contributed by atoms with Gasteiger partial charge >= 0.3 is 0 Å². The van der Waals surface area contributed by atoms with E-state index in [1.165, 1.54) is 0 Å². The van der Waals surface area contributed by atoms with E-state index >= 15 is 0 Å². The second kappa shape index (κ2) is 4.73. The Kier molecular flexibility index (Phi) is 3.48. The fraction of sp³-hybridized carbons (Fsp3) is 0.500. The number of amides is 1. The van der Waals surface area contributed by atoms with Crippen molar-refractivity contribution in [2.75, 3.05) is 0 Å². The van der Waals surface area contributed by atoms with Crippen molar-refractivity contribution in [2.45, 2.75) is 38.0 Å². The van der Waals surface area contributed by atoms with Gasteiger partial charge in [-0.25, -0.2) is 0 Å². The number of nitrogens with one attached hydrogen (secondary N) is 1. The molecule has 0 heterocycles. The Morgan fingerprint density at radius 1 is 1.47 bits per heavy atom. The average Bonchev–Trinajstić information content (AvgIpc) is 2.87. The van der Waals surface area contributed by atoms with Gasteiger partial charge in [0.2, 0.25) is 5.91 Å². The minimum atomic E-state index is -0.256. The van der Waals surface area contributed by atoms with Gasteiger partial charge in [0.05, 0.1) is 5.25 Å². The van der Waals surface area contributed by atoms with E-state index in [1.54, 1.807) is 0 Å². The fourth-order valence-electron chi connectivity index (χ4n) is 1.91. The van der Waals surface area contributed by atoms with Gasteiger partial charge in [-0.2, -0.15) is 12.6 Å². The first-order valence-corrected chi connectivity index (χ1v) is 6.53. The zero-order valence-electron chi connectivity index (χ0n) is 10.3. The van der Waals surface area contributed by atoms with E-state index in [1.807, 2.05) is 30.3 Å². The maximum Gasteiger partial charge on any atom is 0.233 e. The van der Waals surface area contributed by atoms with E-state index in [4.69, 9.17) is 0 Å². The van der Waals surface area contributed by atoms with Crippen LogP contribution in [-0.4, -0.2) is 17.2 Å². The first-order valence-electron chi connectivity index (χ1n) is 6.01. The highest BCUT2D eigenvalue weighted by atomic mass is 32.1. The van der Waals surface area contributed by atoms with E-state index in [-0.39, 0.29) is 16.6 Å². The number of hydrogen-bond acceptors (Lipinski definition) is 2. The summed E-state index contributed by atoms with van der Waals surface area (Å²) in [5, 5.41) is 2.79. The molecule has 2 nitrogen and oxygen atoms in total. The van der Waals surface area contributed by atoms with Crippen molar-refractivity contribution in [1.82, 2.24) is 5.32 Å². The quantitative estimate of drug-likeness (QED) is 0.789. The highest BCUT2D eigenvalue weighted by molar-refractivity contribution is 7.81. The molecule has 3 heteroatoms. The van der Waals surface area contributed by atoms with Gasteiger partial charge in [0.25, 0.3) is 0 Å². The van der Waals surface area contributed by atoms with Crippen molar-refractivity contribution in [3.8, 4) is 0 Å². The minimum absolute atomic E-state index is 0.0489. The Bertz CT molecular complexity index is 402. The number of rotatable bonds is 4. The van der Waals surface area contributed by atoms with Crippen LogP contribution < -0.4 is 5.32 Å². The van der Waals surface area contributed by atoms with Crippen LogP contribution in [0.1, 0.15) is 25.8 Å². The molecule has 1 saturated carbocycles. The zero-order chi connectivity index (χ0) is 12.5. The van der Waals surface area contributed by atoms with Crippen LogP contribution >= 0.6 is 12.6 Å². The predicted molar refractivity (Wildman–Crippen MR) is 73.2 cm³/mol. The van der Waals surface area contributed by atoms with Crippen LogP contribution in [0.5, 0.6) is 0 Å². The maximum atomic E-state index is 11.9. The van der Waals surface area contributed by atoms with Crippen LogP contribution in [0.25, 0.3) is 0 Å². The molecule has 0 aliphatic heterocycles. The van der Waals surface area contributed by atoms with Crippen molar-refractivity contribution in [1.29, 1.82) is 0 Å². The Morgan fingerprint density at radius 2 is 2.06 bits per heavy atom. The van der Waals surface area contributed by atoms with Gasteiger partial charge in [-0.3, -0.25) is 4.79 Å². The molecular weight excluding hydrogens is 230 g/mol. The van der Waals surface area contributed by atoms with Crippen LogP contribution in [0.4, 0.5) is 0 Å². The molecule has 0 aromatic heterocycles. The highest BCUT2D eigenvalue weighted by Crippen LogP contribution is 2.44. The average molecular weight is 249 g/mol. The van der Waals surface area contributed by atoms with Crippen LogP contribution in [0.3, 0.4) is 0 Å². The lowest BCUT2D eigenvalue weighted by molar-refractivity contribution is -0.120. The van der Waals surface area contributed by atoms with E-state index < -0.39 is 0 Å². The summed E-state index contributed by atoms with van der Waals surface area (Å²) in [7, 11) is 0. The molecule has 1 aromatic carbocycles. The molecule has 1 aliphatic carbocycles. The van der Waals surface area contributed by atoms with Gasteiger partial charge < -0.3 is 5.32 Å². The molecule has 1 aromatic rings.